The van der Waals surface area contributed by atoms with Gasteiger partial charge >= 0.3 is 0 Å². The van der Waals surface area contributed by atoms with E-state index in [-0.39, 0.29) is 12.1 Å². The molecule has 4 aromatic rings. The van der Waals surface area contributed by atoms with Gasteiger partial charge in [0.05, 0.1) is 18.0 Å². The molecule has 5 rings (SSSR count). The van der Waals surface area contributed by atoms with Gasteiger partial charge in [-0.05, 0) is 72.9 Å². The molecule has 1 fully saturated rings. The average Bonchev–Trinajstić information content (AvgIpc) is 3.44. The third kappa shape index (κ3) is 5.09. The van der Waals surface area contributed by atoms with Gasteiger partial charge < -0.3 is 14.6 Å². The summed E-state index contributed by atoms with van der Waals surface area (Å²) in [4.78, 5) is 6.53. The second-order valence-electron chi connectivity index (χ2n) is 8.13. The summed E-state index contributed by atoms with van der Waals surface area (Å²) in [6, 6.07) is 24.1. The lowest BCUT2D eigenvalue weighted by molar-refractivity contribution is 0.439. The predicted octanol–water partition coefficient (Wildman–Crippen LogP) is 5.65. The number of sulfonamides is 1. The van der Waals surface area contributed by atoms with Gasteiger partial charge in [-0.1, -0.05) is 34.1 Å². The van der Waals surface area contributed by atoms with Crippen LogP contribution in [0.5, 0.6) is 0 Å². The van der Waals surface area contributed by atoms with E-state index in [1.54, 1.807) is 18.3 Å². The summed E-state index contributed by atoms with van der Waals surface area (Å²) in [7, 11) is -3.37. The smallest absolute Gasteiger partial charge is 0.229 e. The fraction of sp³-hybridized carbons (Fsp3) is 0.120. The SMILES string of the molecule is CS(=O)(=O)Nc1ccc(N2C(=S)N[C@@H](c3ccccn3)[C@@H]2c2ccc(-c3ccc(Br)cc3)o2)cc1. The van der Waals surface area contributed by atoms with Crippen molar-refractivity contribution in [1.29, 1.82) is 0 Å². The molecule has 178 valence electrons. The summed E-state index contributed by atoms with van der Waals surface area (Å²) in [6.07, 6.45) is 2.87. The van der Waals surface area contributed by atoms with Crippen molar-refractivity contribution < 1.29 is 12.8 Å². The largest absolute Gasteiger partial charge is 0.459 e. The maximum absolute atomic E-state index is 11.6. The fourth-order valence-electron chi connectivity index (χ4n) is 4.11. The first kappa shape index (κ1) is 23.5. The van der Waals surface area contributed by atoms with Gasteiger partial charge in [-0.2, -0.15) is 0 Å². The second-order valence-corrected chi connectivity index (χ2v) is 11.2. The lowest BCUT2D eigenvalue weighted by atomic mass is 10.0. The molecular formula is C25H21BrN4O3S2. The first-order chi connectivity index (χ1) is 16.8. The quantitative estimate of drug-likeness (QED) is 0.290. The van der Waals surface area contributed by atoms with Crippen LogP contribution >= 0.6 is 28.1 Å². The Morgan fingerprint density at radius 2 is 1.77 bits per heavy atom. The van der Waals surface area contributed by atoms with E-state index in [9.17, 15) is 8.42 Å². The fourth-order valence-corrected chi connectivity index (χ4v) is 5.28. The highest BCUT2D eigenvalue weighted by Gasteiger charge is 2.42. The molecule has 2 atom stereocenters. The second kappa shape index (κ2) is 9.44. The molecule has 0 unspecified atom stereocenters. The van der Waals surface area contributed by atoms with E-state index in [0.717, 1.165) is 39.2 Å². The van der Waals surface area contributed by atoms with E-state index in [2.05, 4.69) is 31.0 Å². The maximum Gasteiger partial charge on any atom is 0.229 e. The Morgan fingerprint density at radius 1 is 1.03 bits per heavy atom. The van der Waals surface area contributed by atoms with E-state index >= 15 is 0 Å². The lowest BCUT2D eigenvalue weighted by Crippen LogP contribution is -2.29. The van der Waals surface area contributed by atoms with Crippen molar-refractivity contribution in [3.8, 4) is 11.3 Å². The summed E-state index contributed by atoms with van der Waals surface area (Å²) in [6.45, 7) is 0. The standard InChI is InChI=1S/C25H21BrN4O3S2/c1-35(31,32)29-18-9-11-19(12-10-18)30-24(23(28-25(30)34)20-4-2-3-15-27-20)22-14-13-21(33-22)16-5-7-17(26)8-6-16/h2-15,23-24,29H,1H3,(H,28,34)/t23-,24-/m0/s1. The number of hydrogen-bond donors (Lipinski definition) is 2. The van der Waals surface area contributed by atoms with Crippen LogP contribution in [0.1, 0.15) is 23.5 Å². The Labute approximate surface area is 217 Å². The van der Waals surface area contributed by atoms with Crippen molar-refractivity contribution in [2.24, 2.45) is 0 Å². The predicted molar refractivity (Wildman–Crippen MR) is 145 cm³/mol. The Hall–Kier alpha value is -3.21. The van der Waals surface area contributed by atoms with Gasteiger partial charge in [0.2, 0.25) is 10.0 Å². The number of thiocarbonyl (C=S) groups is 1. The van der Waals surface area contributed by atoms with Crippen molar-refractivity contribution in [1.82, 2.24) is 10.3 Å². The number of benzene rings is 2. The first-order valence-electron chi connectivity index (χ1n) is 10.7. The van der Waals surface area contributed by atoms with Crippen molar-refractivity contribution in [2.45, 2.75) is 12.1 Å². The number of anilines is 2. The first-order valence-corrected chi connectivity index (χ1v) is 13.8. The summed E-state index contributed by atoms with van der Waals surface area (Å²) in [5.41, 5.74) is 3.07. The molecule has 2 aromatic carbocycles. The Balaban J connectivity index is 1.54. The highest BCUT2D eigenvalue weighted by atomic mass is 79.9. The maximum atomic E-state index is 11.6. The molecule has 1 saturated heterocycles. The molecule has 0 saturated carbocycles. The molecule has 2 N–H and O–H groups in total. The average molecular weight is 570 g/mol. The number of rotatable bonds is 6. The van der Waals surface area contributed by atoms with E-state index < -0.39 is 10.0 Å². The van der Waals surface area contributed by atoms with Crippen LogP contribution in [0.3, 0.4) is 0 Å². The van der Waals surface area contributed by atoms with Crippen LogP contribution in [0.25, 0.3) is 11.3 Å². The number of pyridine rings is 1. The number of aromatic nitrogens is 1. The Morgan fingerprint density at radius 3 is 2.43 bits per heavy atom. The van der Waals surface area contributed by atoms with Gasteiger partial charge in [0, 0.05) is 27.6 Å². The number of nitrogens with zero attached hydrogens (tertiary/aromatic N) is 2. The monoisotopic (exact) mass is 568 g/mol. The number of halogens is 1. The van der Waals surface area contributed by atoms with Crippen LogP contribution in [0.15, 0.2) is 93.9 Å². The molecule has 10 heteroatoms. The number of furan rings is 1. The molecule has 1 aliphatic heterocycles. The molecule has 0 radical (unpaired) electrons. The normalized spacial score (nSPS) is 17.9. The topological polar surface area (TPSA) is 87.5 Å². The molecule has 0 amide bonds. The highest BCUT2D eigenvalue weighted by molar-refractivity contribution is 9.10. The van der Waals surface area contributed by atoms with E-state index in [4.69, 9.17) is 16.6 Å². The summed E-state index contributed by atoms with van der Waals surface area (Å²) < 4.78 is 33.0. The van der Waals surface area contributed by atoms with E-state index in [0.29, 0.717) is 10.8 Å². The molecule has 1 aliphatic rings. The van der Waals surface area contributed by atoms with Crippen molar-refractivity contribution in [3.05, 3.63) is 101 Å². The zero-order valence-electron chi connectivity index (χ0n) is 18.6. The van der Waals surface area contributed by atoms with Crippen LogP contribution in [-0.4, -0.2) is 24.8 Å². The molecule has 7 nitrogen and oxygen atoms in total. The Kier molecular flexibility index (Phi) is 6.35. The van der Waals surface area contributed by atoms with Gasteiger partial charge in [-0.3, -0.25) is 9.71 Å². The molecule has 35 heavy (non-hydrogen) atoms. The summed E-state index contributed by atoms with van der Waals surface area (Å²) in [5.74, 6) is 1.47. The van der Waals surface area contributed by atoms with Crippen molar-refractivity contribution >= 4 is 54.7 Å². The lowest BCUT2D eigenvalue weighted by Gasteiger charge is -2.26. The third-order valence-corrected chi connectivity index (χ3v) is 7.04. The molecule has 3 heterocycles. The van der Waals surface area contributed by atoms with Crippen LogP contribution in [0.2, 0.25) is 0 Å². The van der Waals surface area contributed by atoms with Crippen LogP contribution in [0, 0.1) is 0 Å². The minimum atomic E-state index is -3.37. The third-order valence-electron chi connectivity index (χ3n) is 5.59. The zero-order chi connectivity index (χ0) is 24.6. The summed E-state index contributed by atoms with van der Waals surface area (Å²) >= 11 is 9.21. The van der Waals surface area contributed by atoms with Gasteiger partial charge in [0.1, 0.15) is 17.6 Å². The van der Waals surface area contributed by atoms with E-state index in [1.165, 1.54) is 0 Å². The number of nitrogens with one attached hydrogen (secondary N) is 2. The van der Waals surface area contributed by atoms with Crippen LogP contribution in [0.4, 0.5) is 11.4 Å². The minimum absolute atomic E-state index is 0.249. The highest BCUT2D eigenvalue weighted by Crippen LogP contribution is 2.43. The van der Waals surface area contributed by atoms with Crippen molar-refractivity contribution in [3.63, 3.8) is 0 Å². The molecule has 0 bridgehead atoms. The van der Waals surface area contributed by atoms with Crippen molar-refractivity contribution in [2.75, 3.05) is 15.9 Å². The summed E-state index contributed by atoms with van der Waals surface area (Å²) in [5, 5.41) is 3.92. The van der Waals surface area contributed by atoms with Gasteiger partial charge in [0.25, 0.3) is 0 Å². The zero-order valence-corrected chi connectivity index (χ0v) is 21.8. The molecular weight excluding hydrogens is 548 g/mol. The van der Waals surface area contributed by atoms with Gasteiger partial charge in [0.15, 0.2) is 5.11 Å². The van der Waals surface area contributed by atoms with E-state index in [1.807, 2.05) is 71.6 Å². The molecule has 0 spiro atoms. The minimum Gasteiger partial charge on any atom is -0.459 e. The van der Waals surface area contributed by atoms with Crippen LogP contribution < -0.4 is 14.9 Å². The Bertz CT molecular complexity index is 1460. The van der Waals surface area contributed by atoms with Gasteiger partial charge in [-0.25, -0.2) is 8.42 Å². The molecule has 2 aromatic heterocycles. The number of hydrogen-bond acceptors (Lipinski definition) is 5. The van der Waals surface area contributed by atoms with Gasteiger partial charge in [-0.15, -0.1) is 0 Å². The van der Waals surface area contributed by atoms with Crippen LogP contribution in [-0.2, 0) is 10.0 Å². The molecule has 0 aliphatic carbocycles.